The molecule has 1 aromatic rings. The minimum atomic E-state index is -0.350. The molecule has 0 fully saturated rings. The van der Waals surface area contributed by atoms with Crippen LogP contribution in [0.4, 0.5) is 0 Å². The Labute approximate surface area is 124 Å². The zero-order valence-electron chi connectivity index (χ0n) is 10.2. The van der Waals surface area contributed by atoms with Gasteiger partial charge in [-0.25, -0.2) is 10.9 Å². The smallest absolute Gasteiger partial charge is 0.245 e. The van der Waals surface area contributed by atoms with Crippen molar-refractivity contribution in [3.05, 3.63) is 33.8 Å². The van der Waals surface area contributed by atoms with Crippen molar-refractivity contribution < 1.29 is 9.59 Å². The molecule has 20 heavy (non-hydrogen) atoms. The van der Waals surface area contributed by atoms with Gasteiger partial charge in [-0.2, -0.15) is 10.2 Å². The summed E-state index contributed by atoms with van der Waals surface area (Å²) in [6.45, 7) is 0. The molecule has 0 aromatic heterocycles. The molecule has 1 aromatic carbocycles. The van der Waals surface area contributed by atoms with Crippen molar-refractivity contribution in [1.82, 2.24) is 10.9 Å². The van der Waals surface area contributed by atoms with Crippen molar-refractivity contribution in [1.29, 1.82) is 0 Å². The molecular weight excluding hydrogens is 303 g/mol. The first-order valence-corrected chi connectivity index (χ1v) is 6.41. The number of carbonyl (C=O) groups excluding carboxylic acids is 2. The summed E-state index contributed by atoms with van der Waals surface area (Å²) in [5.74, 6) is -0.566. The fraction of sp³-hybridized carbons (Fsp3) is 0.167. The molecule has 104 valence electrons. The van der Waals surface area contributed by atoms with E-state index in [-0.39, 0.29) is 24.7 Å². The van der Waals surface area contributed by atoms with Crippen LogP contribution in [0.2, 0.25) is 10.0 Å². The molecule has 1 aliphatic rings. The van der Waals surface area contributed by atoms with Gasteiger partial charge in [0, 0.05) is 0 Å². The van der Waals surface area contributed by atoms with Crippen LogP contribution in [0.3, 0.4) is 0 Å². The van der Waals surface area contributed by atoms with Crippen LogP contribution < -0.4 is 10.9 Å². The number of benzene rings is 1. The molecule has 0 radical (unpaired) electrons. The largest absolute Gasteiger partial charge is 0.273 e. The van der Waals surface area contributed by atoms with Gasteiger partial charge in [-0.3, -0.25) is 9.59 Å². The van der Waals surface area contributed by atoms with Crippen LogP contribution in [-0.4, -0.2) is 23.7 Å². The average Bonchev–Trinajstić information content (AvgIpc) is 2.79. The first-order chi connectivity index (χ1) is 9.54. The molecule has 0 aliphatic carbocycles. The normalized spacial score (nSPS) is 14.3. The number of hydrazone groups is 2. The Kier molecular flexibility index (Phi) is 4.70. The Hall–Kier alpha value is -1.92. The van der Waals surface area contributed by atoms with E-state index < -0.39 is 0 Å². The third-order valence-electron chi connectivity index (χ3n) is 2.41. The third-order valence-corrected chi connectivity index (χ3v) is 3.15. The molecule has 2 N–H and O–H groups in total. The maximum absolute atomic E-state index is 11.5. The summed E-state index contributed by atoms with van der Waals surface area (Å²) in [4.78, 5) is 22.4. The number of halogens is 2. The molecule has 0 spiro atoms. The molecule has 0 saturated carbocycles. The molecule has 8 heteroatoms. The van der Waals surface area contributed by atoms with Crippen LogP contribution in [0.5, 0.6) is 0 Å². The topological polar surface area (TPSA) is 82.9 Å². The van der Waals surface area contributed by atoms with Crippen LogP contribution in [0.25, 0.3) is 0 Å². The van der Waals surface area contributed by atoms with Gasteiger partial charge < -0.3 is 0 Å². The molecule has 0 atom stereocenters. The van der Waals surface area contributed by atoms with Gasteiger partial charge in [0.2, 0.25) is 11.8 Å². The van der Waals surface area contributed by atoms with Crippen molar-refractivity contribution in [2.75, 3.05) is 0 Å². The second kappa shape index (κ2) is 6.49. The Morgan fingerprint density at radius 2 is 2.25 bits per heavy atom. The maximum atomic E-state index is 11.5. The van der Waals surface area contributed by atoms with Gasteiger partial charge in [-0.1, -0.05) is 29.3 Å². The van der Waals surface area contributed by atoms with Crippen LogP contribution in [0, 0.1) is 0 Å². The van der Waals surface area contributed by atoms with Crippen LogP contribution in [0.15, 0.2) is 28.4 Å². The Bertz CT molecular complexity index is 613. The summed E-state index contributed by atoms with van der Waals surface area (Å²) >= 11 is 11.6. The lowest BCUT2D eigenvalue weighted by molar-refractivity contribution is -0.119. The minimum absolute atomic E-state index is 0.0253. The van der Waals surface area contributed by atoms with E-state index in [0.717, 1.165) is 0 Å². The Balaban J connectivity index is 1.85. The molecule has 0 unspecified atom stereocenters. The highest BCUT2D eigenvalue weighted by atomic mass is 35.5. The third kappa shape index (κ3) is 4.04. The molecule has 2 amide bonds. The lowest BCUT2D eigenvalue weighted by Crippen LogP contribution is -2.20. The Morgan fingerprint density at radius 1 is 1.45 bits per heavy atom. The second-order valence-corrected chi connectivity index (χ2v) is 4.85. The predicted octanol–water partition coefficient (Wildman–Crippen LogP) is 1.71. The lowest BCUT2D eigenvalue weighted by atomic mass is 10.2. The van der Waals surface area contributed by atoms with E-state index in [4.69, 9.17) is 23.2 Å². The van der Waals surface area contributed by atoms with Gasteiger partial charge in [-0.15, -0.1) is 0 Å². The number of amides is 2. The lowest BCUT2D eigenvalue weighted by Gasteiger charge is -1.99. The molecular formula is C12H10Cl2N4O2. The molecule has 1 aliphatic heterocycles. The van der Waals surface area contributed by atoms with E-state index in [1.807, 2.05) is 0 Å². The summed E-state index contributed by atoms with van der Waals surface area (Å²) in [5.41, 5.74) is 5.80. The summed E-state index contributed by atoms with van der Waals surface area (Å²) in [6, 6.07) is 4.98. The number of nitrogens with zero attached hydrogens (tertiary/aromatic N) is 2. The van der Waals surface area contributed by atoms with E-state index in [9.17, 15) is 9.59 Å². The quantitative estimate of drug-likeness (QED) is 0.655. The van der Waals surface area contributed by atoms with Gasteiger partial charge >= 0.3 is 0 Å². The highest BCUT2D eigenvalue weighted by Crippen LogP contribution is 2.21. The number of carbonyl (C=O) groups is 2. The maximum Gasteiger partial charge on any atom is 0.245 e. The van der Waals surface area contributed by atoms with Gasteiger partial charge in [0.1, 0.15) is 0 Å². The standard InChI is InChI=1S/C12H10Cl2N4O2/c13-9-2-1-7(3-10(9)14)6-15-17-11(19)4-8-5-12(20)18-16-8/h1-3,6H,4-5H2,(H,17,19)(H,18,20)/b15-6-. The van der Waals surface area contributed by atoms with E-state index >= 15 is 0 Å². The summed E-state index contributed by atoms with van der Waals surface area (Å²) < 4.78 is 0. The SMILES string of the molecule is O=C1CC(CC(=O)N/N=C\c2ccc(Cl)c(Cl)c2)=NN1. The zero-order valence-corrected chi connectivity index (χ0v) is 11.7. The molecule has 6 nitrogen and oxygen atoms in total. The van der Waals surface area contributed by atoms with E-state index in [1.165, 1.54) is 6.21 Å². The van der Waals surface area contributed by atoms with E-state index in [0.29, 0.717) is 21.3 Å². The van der Waals surface area contributed by atoms with Crippen molar-refractivity contribution in [3.8, 4) is 0 Å². The van der Waals surface area contributed by atoms with Crippen molar-refractivity contribution in [3.63, 3.8) is 0 Å². The molecule has 1 heterocycles. The van der Waals surface area contributed by atoms with Crippen molar-refractivity contribution in [2.24, 2.45) is 10.2 Å². The van der Waals surface area contributed by atoms with E-state index in [1.54, 1.807) is 18.2 Å². The summed E-state index contributed by atoms with van der Waals surface area (Å²) in [6.07, 6.45) is 1.61. The van der Waals surface area contributed by atoms with Gasteiger partial charge in [0.15, 0.2) is 0 Å². The minimum Gasteiger partial charge on any atom is -0.273 e. The fourth-order valence-electron chi connectivity index (χ4n) is 1.50. The van der Waals surface area contributed by atoms with Gasteiger partial charge in [-0.05, 0) is 17.7 Å². The molecule has 0 saturated heterocycles. The molecule has 0 bridgehead atoms. The first kappa shape index (κ1) is 14.5. The first-order valence-electron chi connectivity index (χ1n) is 5.66. The van der Waals surface area contributed by atoms with Gasteiger partial charge in [0.25, 0.3) is 0 Å². The number of hydrogen-bond acceptors (Lipinski definition) is 4. The van der Waals surface area contributed by atoms with Crippen molar-refractivity contribution >= 4 is 46.9 Å². The van der Waals surface area contributed by atoms with E-state index in [2.05, 4.69) is 21.1 Å². The number of hydrogen-bond donors (Lipinski definition) is 2. The second-order valence-electron chi connectivity index (χ2n) is 4.03. The van der Waals surface area contributed by atoms with Crippen LogP contribution in [0.1, 0.15) is 18.4 Å². The predicted molar refractivity (Wildman–Crippen MR) is 77.0 cm³/mol. The monoisotopic (exact) mass is 312 g/mol. The Morgan fingerprint density at radius 3 is 2.90 bits per heavy atom. The summed E-state index contributed by atoms with van der Waals surface area (Å²) in [5, 5.41) is 8.36. The number of nitrogens with one attached hydrogen (secondary N) is 2. The van der Waals surface area contributed by atoms with Crippen molar-refractivity contribution in [2.45, 2.75) is 12.8 Å². The van der Waals surface area contributed by atoms with Gasteiger partial charge in [0.05, 0.1) is 34.8 Å². The number of rotatable bonds is 4. The van der Waals surface area contributed by atoms with Crippen LogP contribution in [-0.2, 0) is 9.59 Å². The fourth-order valence-corrected chi connectivity index (χ4v) is 1.81. The van der Waals surface area contributed by atoms with Crippen LogP contribution >= 0.6 is 23.2 Å². The summed E-state index contributed by atoms with van der Waals surface area (Å²) in [7, 11) is 0. The average molecular weight is 313 g/mol. The highest BCUT2D eigenvalue weighted by molar-refractivity contribution is 6.42. The molecule has 2 rings (SSSR count). The zero-order chi connectivity index (χ0) is 14.5. The highest BCUT2D eigenvalue weighted by Gasteiger charge is 2.16.